The van der Waals surface area contributed by atoms with Crippen molar-refractivity contribution in [3.8, 4) is 5.88 Å². The number of H-pyrrole nitrogens is 1. The maximum atomic E-state index is 11.8. The van der Waals surface area contributed by atoms with Crippen LogP contribution in [-0.4, -0.2) is 27.3 Å². The summed E-state index contributed by atoms with van der Waals surface area (Å²) >= 11 is 0. The van der Waals surface area contributed by atoms with Gasteiger partial charge in [0.05, 0.1) is 12.0 Å². The second kappa shape index (κ2) is 6.89. The maximum absolute atomic E-state index is 11.8. The van der Waals surface area contributed by atoms with Gasteiger partial charge in [-0.2, -0.15) is 0 Å². The van der Waals surface area contributed by atoms with Gasteiger partial charge in [-0.1, -0.05) is 30.3 Å². The number of nitrogens with one attached hydrogen (secondary N) is 1. The molecule has 5 nitrogen and oxygen atoms in total. The van der Waals surface area contributed by atoms with Crippen LogP contribution >= 0.6 is 0 Å². The van der Waals surface area contributed by atoms with E-state index in [0.717, 1.165) is 41.4 Å². The lowest BCUT2D eigenvalue weighted by Crippen LogP contribution is -2.05. The number of carbonyl (C=O) groups excluding carboxylic acids is 1. The molecule has 0 unspecified atom stereocenters. The van der Waals surface area contributed by atoms with Gasteiger partial charge >= 0.3 is 0 Å². The van der Waals surface area contributed by atoms with E-state index in [1.165, 1.54) is 11.9 Å². The number of benzene rings is 1. The maximum Gasteiger partial charge on any atom is 0.226 e. The Balaban J connectivity index is 1.60. The van der Waals surface area contributed by atoms with Crippen molar-refractivity contribution in [3.63, 3.8) is 0 Å². The first-order valence-corrected chi connectivity index (χ1v) is 8.54. The van der Waals surface area contributed by atoms with Gasteiger partial charge in [-0.3, -0.25) is 4.79 Å². The molecule has 126 valence electrons. The van der Waals surface area contributed by atoms with Gasteiger partial charge < -0.3 is 9.72 Å². The highest BCUT2D eigenvalue weighted by molar-refractivity contribution is 6.03. The van der Waals surface area contributed by atoms with Crippen molar-refractivity contribution >= 4 is 22.4 Å². The van der Waals surface area contributed by atoms with E-state index in [4.69, 9.17) is 4.74 Å². The van der Waals surface area contributed by atoms with Gasteiger partial charge in [-0.05, 0) is 30.1 Å². The molecule has 3 aromatic rings. The Kier molecular flexibility index (Phi) is 4.29. The molecular weight excluding hydrogens is 314 g/mol. The van der Waals surface area contributed by atoms with Crippen molar-refractivity contribution in [2.24, 2.45) is 0 Å². The Bertz CT molecular complexity index is 929. The highest BCUT2D eigenvalue weighted by Crippen LogP contribution is 2.34. The molecule has 0 bridgehead atoms. The Morgan fingerprint density at radius 3 is 2.84 bits per heavy atom. The molecular formula is C20H19N3O2. The van der Waals surface area contributed by atoms with Crippen LogP contribution in [0.25, 0.3) is 16.6 Å². The smallest absolute Gasteiger partial charge is 0.226 e. The number of hydrogen-bond acceptors (Lipinski definition) is 4. The zero-order valence-corrected chi connectivity index (χ0v) is 13.9. The summed E-state index contributed by atoms with van der Waals surface area (Å²) in [5.41, 5.74) is 3.96. The van der Waals surface area contributed by atoms with E-state index >= 15 is 0 Å². The molecule has 1 aromatic carbocycles. The summed E-state index contributed by atoms with van der Waals surface area (Å²) in [6.07, 6.45) is 8.35. The van der Waals surface area contributed by atoms with Crippen molar-refractivity contribution in [2.75, 3.05) is 6.61 Å². The van der Waals surface area contributed by atoms with Crippen LogP contribution in [0.5, 0.6) is 5.88 Å². The minimum Gasteiger partial charge on any atom is -0.477 e. The average Bonchev–Trinajstić information content (AvgIpc) is 3.08. The minimum atomic E-state index is 0.180. The lowest BCUT2D eigenvalue weighted by atomic mass is 9.93. The van der Waals surface area contributed by atoms with Crippen LogP contribution in [0, 0.1) is 0 Å². The van der Waals surface area contributed by atoms with Gasteiger partial charge in [-0.25, -0.2) is 9.97 Å². The van der Waals surface area contributed by atoms with Gasteiger partial charge in [-0.15, -0.1) is 0 Å². The molecule has 4 rings (SSSR count). The molecule has 5 heteroatoms. The number of allylic oxidation sites excluding steroid dienone is 2. The second-order valence-electron chi connectivity index (χ2n) is 6.18. The zero-order valence-electron chi connectivity index (χ0n) is 13.9. The van der Waals surface area contributed by atoms with Crippen LogP contribution < -0.4 is 4.74 Å². The van der Waals surface area contributed by atoms with Gasteiger partial charge in [0.2, 0.25) is 5.88 Å². The molecule has 2 heterocycles. The predicted molar refractivity (Wildman–Crippen MR) is 96.4 cm³/mol. The Labute approximate surface area is 145 Å². The van der Waals surface area contributed by atoms with Gasteiger partial charge in [0.1, 0.15) is 12.0 Å². The largest absolute Gasteiger partial charge is 0.477 e. The molecule has 0 aliphatic heterocycles. The van der Waals surface area contributed by atoms with E-state index < -0.39 is 0 Å². The molecule has 0 saturated heterocycles. The number of fused-ring (bicyclic) bond motifs is 1. The first kappa shape index (κ1) is 15.6. The Morgan fingerprint density at radius 2 is 2.00 bits per heavy atom. The summed E-state index contributed by atoms with van der Waals surface area (Å²) in [5, 5.41) is 0.858. The first-order chi connectivity index (χ1) is 12.3. The van der Waals surface area contributed by atoms with Gasteiger partial charge in [0.15, 0.2) is 5.78 Å². The molecule has 0 radical (unpaired) electrons. The second-order valence-corrected chi connectivity index (χ2v) is 6.18. The molecule has 0 atom stereocenters. The fourth-order valence-corrected chi connectivity index (χ4v) is 3.21. The van der Waals surface area contributed by atoms with E-state index in [1.54, 1.807) is 6.08 Å². The molecule has 1 aliphatic rings. The third kappa shape index (κ3) is 3.31. The summed E-state index contributed by atoms with van der Waals surface area (Å²) in [6.45, 7) is 0.540. The van der Waals surface area contributed by atoms with Crippen molar-refractivity contribution in [1.29, 1.82) is 0 Å². The molecule has 1 aliphatic carbocycles. The van der Waals surface area contributed by atoms with Crippen LogP contribution in [0.4, 0.5) is 0 Å². The number of ketones is 1. The van der Waals surface area contributed by atoms with E-state index in [-0.39, 0.29) is 5.78 Å². The van der Waals surface area contributed by atoms with Crippen molar-refractivity contribution < 1.29 is 9.53 Å². The molecule has 0 spiro atoms. The summed E-state index contributed by atoms with van der Waals surface area (Å²) in [6, 6.07) is 10.2. The number of carbonyl (C=O) groups is 1. The average molecular weight is 333 g/mol. The fraction of sp³-hybridized carbons (Fsp3) is 0.250. The van der Waals surface area contributed by atoms with Crippen LogP contribution in [-0.2, 0) is 11.2 Å². The Morgan fingerprint density at radius 1 is 1.12 bits per heavy atom. The third-order valence-corrected chi connectivity index (χ3v) is 4.46. The van der Waals surface area contributed by atoms with E-state index in [1.807, 2.05) is 24.4 Å². The SMILES string of the molecule is O=C1C=C(c2c[nH]c3ncnc(OCCc4ccccc4)c23)CCC1. The lowest BCUT2D eigenvalue weighted by molar-refractivity contribution is -0.114. The summed E-state index contributed by atoms with van der Waals surface area (Å²) in [7, 11) is 0. The van der Waals surface area contributed by atoms with Gasteiger partial charge in [0, 0.05) is 24.6 Å². The normalized spacial score (nSPS) is 14.6. The number of rotatable bonds is 5. The van der Waals surface area contributed by atoms with Crippen molar-refractivity contribution in [3.05, 3.63) is 60.1 Å². The number of aromatic amines is 1. The lowest BCUT2D eigenvalue weighted by Gasteiger charge is -2.12. The number of ether oxygens (including phenoxy) is 1. The molecule has 0 amide bonds. The third-order valence-electron chi connectivity index (χ3n) is 4.46. The number of nitrogens with zero attached hydrogens (tertiary/aromatic N) is 2. The van der Waals surface area contributed by atoms with Crippen molar-refractivity contribution in [2.45, 2.75) is 25.7 Å². The molecule has 25 heavy (non-hydrogen) atoms. The van der Waals surface area contributed by atoms with Crippen molar-refractivity contribution in [1.82, 2.24) is 15.0 Å². The van der Waals surface area contributed by atoms with Crippen LogP contribution in [0.15, 0.2) is 48.9 Å². The van der Waals surface area contributed by atoms with E-state index in [9.17, 15) is 4.79 Å². The number of hydrogen-bond donors (Lipinski definition) is 1. The van der Waals surface area contributed by atoms with Crippen LogP contribution in [0.2, 0.25) is 0 Å². The summed E-state index contributed by atoms with van der Waals surface area (Å²) < 4.78 is 5.96. The molecule has 0 saturated carbocycles. The molecule has 1 N–H and O–H groups in total. The van der Waals surface area contributed by atoms with Crippen LogP contribution in [0.3, 0.4) is 0 Å². The standard InChI is InChI=1S/C20H19N3O2/c24-16-8-4-7-15(11-16)17-12-21-19-18(17)20(23-13-22-19)25-10-9-14-5-2-1-3-6-14/h1-3,5-6,11-13H,4,7-10H2,(H,21,22,23). The van der Waals surface area contributed by atoms with E-state index in [2.05, 4.69) is 27.1 Å². The molecule has 2 aromatic heterocycles. The fourth-order valence-electron chi connectivity index (χ4n) is 3.21. The predicted octanol–water partition coefficient (Wildman–Crippen LogP) is 3.72. The first-order valence-electron chi connectivity index (χ1n) is 8.54. The minimum absolute atomic E-state index is 0.180. The number of aromatic nitrogens is 3. The highest BCUT2D eigenvalue weighted by Gasteiger charge is 2.18. The topological polar surface area (TPSA) is 67.9 Å². The van der Waals surface area contributed by atoms with Gasteiger partial charge in [0.25, 0.3) is 0 Å². The summed E-state index contributed by atoms with van der Waals surface area (Å²) in [5.74, 6) is 0.745. The zero-order chi connectivity index (χ0) is 17.1. The monoisotopic (exact) mass is 333 g/mol. The van der Waals surface area contributed by atoms with Crippen LogP contribution in [0.1, 0.15) is 30.4 Å². The molecule has 0 fully saturated rings. The van der Waals surface area contributed by atoms with E-state index in [0.29, 0.717) is 18.9 Å². The highest BCUT2D eigenvalue weighted by atomic mass is 16.5. The quantitative estimate of drug-likeness (QED) is 0.773. The summed E-state index contributed by atoms with van der Waals surface area (Å²) in [4.78, 5) is 23.5. The Hall–Kier alpha value is -2.95.